The van der Waals surface area contributed by atoms with Crippen LogP contribution in [0.5, 0.6) is 5.75 Å². The molecule has 128 valence electrons. The molecule has 0 unspecified atom stereocenters. The third-order valence-electron chi connectivity index (χ3n) is 4.37. The van der Waals surface area contributed by atoms with Crippen molar-refractivity contribution < 1.29 is 14.3 Å². The summed E-state index contributed by atoms with van der Waals surface area (Å²) in [6, 6.07) is 5.68. The van der Waals surface area contributed by atoms with E-state index in [1.807, 2.05) is 39.0 Å². The largest absolute Gasteiger partial charge is 0.496 e. The van der Waals surface area contributed by atoms with Crippen LogP contribution >= 0.6 is 0 Å². The van der Waals surface area contributed by atoms with Crippen LogP contribution in [0.3, 0.4) is 0 Å². The highest BCUT2D eigenvalue weighted by molar-refractivity contribution is 5.85. The fourth-order valence-corrected chi connectivity index (χ4v) is 3.26. The molecule has 2 rings (SSSR count). The van der Waals surface area contributed by atoms with Crippen LogP contribution in [-0.4, -0.2) is 25.3 Å². The lowest BCUT2D eigenvalue weighted by molar-refractivity contribution is 0.0636. The molecule has 1 aromatic carbocycles. The molecule has 0 bridgehead atoms. The molecule has 23 heavy (non-hydrogen) atoms. The number of amides is 1. The van der Waals surface area contributed by atoms with E-state index in [4.69, 9.17) is 15.2 Å². The Morgan fingerprint density at radius 3 is 2.48 bits per heavy atom. The van der Waals surface area contributed by atoms with Crippen molar-refractivity contribution in [3.63, 3.8) is 0 Å². The maximum Gasteiger partial charge on any atom is 0.412 e. The summed E-state index contributed by atoms with van der Waals surface area (Å²) in [5, 5.41) is 2.80. The SMILES string of the molecule is COc1ccc(NC(=O)OC(C)(C)C)cc1C1(CN)CCCC1. The van der Waals surface area contributed by atoms with Crippen molar-refractivity contribution in [1.29, 1.82) is 0 Å². The lowest BCUT2D eigenvalue weighted by Gasteiger charge is -2.30. The average molecular weight is 320 g/mol. The van der Waals surface area contributed by atoms with Crippen LogP contribution in [0.4, 0.5) is 10.5 Å². The number of hydrogen-bond donors (Lipinski definition) is 2. The molecule has 5 heteroatoms. The molecular weight excluding hydrogens is 292 g/mol. The fourth-order valence-electron chi connectivity index (χ4n) is 3.26. The quantitative estimate of drug-likeness (QED) is 0.884. The number of ether oxygens (including phenoxy) is 2. The van der Waals surface area contributed by atoms with Gasteiger partial charge in [0.1, 0.15) is 11.4 Å². The molecule has 0 atom stereocenters. The first-order chi connectivity index (χ1) is 10.8. The van der Waals surface area contributed by atoms with E-state index in [1.165, 1.54) is 12.8 Å². The Morgan fingerprint density at radius 2 is 1.96 bits per heavy atom. The Balaban J connectivity index is 2.27. The minimum absolute atomic E-state index is 0.0586. The van der Waals surface area contributed by atoms with Gasteiger partial charge >= 0.3 is 6.09 Å². The minimum atomic E-state index is -0.524. The van der Waals surface area contributed by atoms with Gasteiger partial charge in [-0.05, 0) is 51.8 Å². The number of rotatable bonds is 4. The normalized spacial score (nSPS) is 16.9. The highest BCUT2D eigenvalue weighted by Gasteiger charge is 2.36. The van der Waals surface area contributed by atoms with Crippen LogP contribution in [0.2, 0.25) is 0 Å². The van der Waals surface area contributed by atoms with Gasteiger partial charge in [-0.15, -0.1) is 0 Å². The lowest BCUT2D eigenvalue weighted by atomic mass is 9.78. The molecule has 1 fully saturated rings. The molecule has 3 N–H and O–H groups in total. The molecule has 5 nitrogen and oxygen atoms in total. The standard InChI is InChI=1S/C18H28N2O3/c1-17(2,3)23-16(21)20-13-7-8-15(22-4)14(11-13)18(12-19)9-5-6-10-18/h7-8,11H,5-6,9-10,12,19H2,1-4H3,(H,20,21). The van der Waals surface area contributed by atoms with E-state index in [0.717, 1.165) is 24.2 Å². The molecule has 0 radical (unpaired) electrons. The van der Waals surface area contributed by atoms with Crippen LogP contribution in [-0.2, 0) is 10.2 Å². The maximum absolute atomic E-state index is 12.0. The molecule has 1 aliphatic carbocycles. The second-order valence-corrected chi connectivity index (χ2v) is 7.23. The number of benzene rings is 1. The number of hydrogen-bond acceptors (Lipinski definition) is 4. The summed E-state index contributed by atoms with van der Waals surface area (Å²) < 4.78 is 10.8. The molecule has 0 heterocycles. The van der Waals surface area contributed by atoms with Crippen LogP contribution < -0.4 is 15.8 Å². The summed E-state index contributed by atoms with van der Waals surface area (Å²) in [6.45, 7) is 6.11. The summed E-state index contributed by atoms with van der Waals surface area (Å²) in [6.07, 6.45) is 3.99. The number of nitrogens with one attached hydrogen (secondary N) is 1. The van der Waals surface area contributed by atoms with Crippen molar-refractivity contribution in [1.82, 2.24) is 0 Å². The fraction of sp³-hybridized carbons (Fsp3) is 0.611. The van der Waals surface area contributed by atoms with Crippen molar-refractivity contribution in [2.45, 2.75) is 57.5 Å². The van der Waals surface area contributed by atoms with Crippen molar-refractivity contribution in [3.05, 3.63) is 23.8 Å². The number of nitrogens with two attached hydrogens (primary N) is 1. The molecule has 1 saturated carbocycles. The summed E-state index contributed by atoms with van der Waals surface area (Å²) in [5.41, 5.74) is 7.29. The number of methoxy groups -OCH3 is 1. The van der Waals surface area contributed by atoms with E-state index >= 15 is 0 Å². The van der Waals surface area contributed by atoms with E-state index in [1.54, 1.807) is 7.11 Å². The maximum atomic E-state index is 12.0. The van der Waals surface area contributed by atoms with Crippen LogP contribution in [0.15, 0.2) is 18.2 Å². The Labute approximate surface area is 138 Å². The van der Waals surface area contributed by atoms with Crippen molar-refractivity contribution in [3.8, 4) is 5.75 Å². The highest BCUT2D eigenvalue weighted by atomic mass is 16.6. The number of carbonyl (C=O) groups excluding carboxylic acids is 1. The smallest absolute Gasteiger partial charge is 0.412 e. The minimum Gasteiger partial charge on any atom is -0.496 e. The predicted octanol–water partition coefficient (Wildman–Crippen LogP) is 3.81. The zero-order chi connectivity index (χ0) is 17.1. The number of carbonyl (C=O) groups is 1. The van der Waals surface area contributed by atoms with E-state index in [9.17, 15) is 4.79 Å². The van der Waals surface area contributed by atoms with Gasteiger partial charge in [0.05, 0.1) is 7.11 Å². The van der Waals surface area contributed by atoms with E-state index in [2.05, 4.69) is 5.32 Å². The second-order valence-electron chi connectivity index (χ2n) is 7.23. The first-order valence-corrected chi connectivity index (χ1v) is 8.18. The lowest BCUT2D eigenvalue weighted by Crippen LogP contribution is -2.32. The van der Waals surface area contributed by atoms with Gasteiger partial charge in [0.15, 0.2) is 0 Å². The van der Waals surface area contributed by atoms with Gasteiger partial charge in [0.2, 0.25) is 0 Å². The molecule has 0 aromatic heterocycles. The third-order valence-corrected chi connectivity index (χ3v) is 4.37. The van der Waals surface area contributed by atoms with E-state index in [0.29, 0.717) is 12.2 Å². The Hall–Kier alpha value is -1.75. The molecule has 0 spiro atoms. The second kappa shape index (κ2) is 6.79. The van der Waals surface area contributed by atoms with Crippen LogP contribution in [0.25, 0.3) is 0 Å². The predicted molar refractivity (Wildman–Crippen MR) is 92.1 cm³/mol. The van der Waals surface area contributed by atoms with Gasteiger partial charge in [0, 0.05) is 23.2 Å². The average Bonchev–Trinajstić information content (AvgIpc) is 2.95. The number of anilines is 1. The molecule has 0 saturated heterocycles. The van der Waals surface area contributed by atoms with Gasteiger partial charge in [-0.2, -0.15) is 0 Å². The zero-order valence-corrected chi connectivity index (χ0v) is 14.6. The first kappa shape index (κ1) is 17.6. The Morgan fingerprint density at radius 1 is 1.30 bits per heavy atom. The summed E-state index contributed by atoms with van der Waals surface area (Å²) in [5.74, 6) is 0.826. The van der Waals surface area contributed by atoms with E-state index in [-0.39, 0.29) is 5.41 Å². The summed E-state index contributed by atoms with van der Waals surface area (Å²) >= 11 is 0. The van der Waals surface area contributed by atoms with Crippen molar-refractivity contribution >= 4 is 11.8 Å². The summed E-state index contributed by atoms with van der Waals surface area (Å²) in [4.78, 5) is 12.0. The van der Waals surface area contributed by atoms with E-state index < -0.39 is 11.7 Å². The van der Waals surface area contributed by atoms with Crippen molar-refractivity contribution in [2.75, 3.05) is 19.0 Å². The Bertz CT molecular complexity index is 558. The van der Waals surface area contributed by atoms with Crippen molar-refractivity contribution in [2.24, 2.45) is 5.73 Å². The van der Waals surface area contributed by atoms with Gasteiger partial charge in [0.25, 0.3) is 0 Å². The van der Waals surface area contributed by atoms with Gasteiger partial charge in [-0.25, -0.2) is 4.79 Å². The third kappa shape index (κ3) is 4.16. The highest BCUT2D eigenvalue weighted by Crippen LogP contribution is 2.44. The molecule has 1 aromatic rings. The van der Waals surface area contributed by atoms with Crippen LogP contribution in [0.1, 0.15) is 52.0 Å². The summed E-state index contributed by atoms with van der Waals surface area (Å²) in [7, 11) is 1.67. The molecule has 1 aliphatic rings. The van der Waals surface area contributed by atoms with Gasteiger partial charge < -0.3 is 15.2 Å². The molecule has 0 aliphatic heterocycles. The molecule has 1 amide bonds. The zero-order valence-electron chi connectivity index (χ0n) is 14.6. The Kier molecular flexibility index (Phi) is 5.19. The topological polar surface area (TPSA) is 73.6 Å². The van der Waals surface area contributed by atoms with Gasteiger partial charge in [-0.3, -0.25) is 5.32 Å². The monoisotopic (exact) mass is 320 g/mol. The van der Waals surface area contributed by atoms with Gasteiger partial charge in [-0.1, -0.05) is 12.8 Å². The van der Waals surface area contributed by atoms with Crippen LogP contribution in [0, 0.1) is 0 Å². The molecular formula is C18H28N2O3. The first-order valence-electron chi connectivity index (χ1n) is 8.18.